The first kappa shape index (κ1) is 20.6. The van der Waals surface area contributed by atoms with Gasteiger partial charge in [0.1, 0.15) is 41.7 Å². The molecule has 0 bridgehead atoms. The van der Waals surface area contributed by atoms with Crippen molar-refractivity contribution in [1.82, 2.24) is 0 Å². The zero-order valence-electron chi connectivity index (χ0n) is 16.1. The van der Waals surface area contributed by atoms with Crippen LogP contribution in [-0.2, 0) is 0 Å². The molecule has 160 valence electrons. The maximum absolute atomic E-state index is 12.4. The SMILES string of the molecule is O=C1C[C@@H](c2ccc(O[C@@H]3C[C@H](CO)[C@@H](O)[C@H](O)[C@H]3O)cc2)Oc2cc(O)ccc21. The third kappa shape index (κ3) is 3.87. The first-order valence-corrected chi connectivity index (χ1v) is 9.82. The van der Waals surface area contributed by atoms with Gasteiger partial charge in [-0.1, -0.05) is 12.1 Å². The van der Waals surface area contributed by atoms with Gasteiger partial charge in [0.15, 0.2) is 5.78 Å². The van der Waals surface area contributed by atoms with E-state index in [0.29, 0.717) is 17.1 Å². The van der Waals surface area contributed by atoms with Crippen molar-refractivity contribution in [2.24, 2.45) is 5.92 Å². The molecule has 0 radical (unpaired) electrons. The Kier molecular flexibility index (Phi) is 5.66. The van der Waals surface area contributed by atoms with E-state index in [2.05, 4.69) is 0 Å². The highest BCUT2D eigenvalue weighted by Gasteiger charge is 2.43. The molecule has 8 nitrogen and oxygen atoms in total. The van der Waals surface area contributed by atoms with Crippen molar-refractivity contribution in [3.05, 3.63) is 53.6 Å². The summed E-state index contributed by atoms with van der Waals surface area (Å²) in [7, 11) is 0. The number of aliphatic hydroxyl groups excluding tert-OH is 4. The van der Waals surface area contributed by atoms with E-state index in [9.17, 15) is 30.3 Å². The van der Waals surface area contributed by atoms with Gasteiger partial charge in [0.05, 0.1) is 18.1 Å². The standard InChI is InChI=1S/C22H24O8/c23-10-12-7-19(21(27)22(28)20(12)26)29-14-4-1-11(2-5-14)17-9-16(25)15-6-3-13(24)8-18(15)30-17/h1-6,8,12,17,19-24,26-28H,7,9-10H2/t12-,17+,19-,20-,21+,22+/m1/s1. The number of rotatable bonds is 4. The molecule has 0 aromatic heterocycles. The predicted molar refractivity (Wildman–Crippen MR) is 104 cm³/mol. The molecule has 6 atom stereocenters. The molecule has 2 aromatic carbocycles. The molecular weight excluding hydrogens is 392 g/mol. The molecule has 2 aliphatic rings. The molecule has 8 heteroatoms. The zero-order chi connectivity index (χ0) is 21.4. The van der Waals surface area contributed by atoms with Gasteiger partial charge in [-0.2, -0.15) is 0 Å². The number of fused-ring (bicyclic) bond motifs is 1. The van der Waals surface area contributed by atoms with Crippen LogP contribution in [0.5, 0.6) is 17.2 Å². The van der Waals surface area contributed by atoms with Crippen molar-refractivity contribution in [2.75, 3.05) is 6.61 Å². The Morgan fingerprint density at radius 2 is 1.73 bits per heavy atom. The van der Waals surface area contributed by atoms with Crippen LogP contribution in [-0.4, -0.2) is 62.3 Å². The van der Waals surface area contributed by atoms with E-state index in [1.54, 1.807) is 30.3 Å². The van der Waals surface area contributed by atoms with Crippen LogP contribution in [0.1, 0.15) is 34.9 Å². The van der Waals surface area contributed by atoms with Gasteiger partial charge in [-0.25, -0.2) is 0 Å². The number of aliphatic hydroxyl groups is 4. The molecule has 1 aliphatic heterocycles. The van der Waals surface area contributed by atoms with Crippen molar-refractivity contribution < 1.29 is 39.8 Å². The molecule has 1 aliphatic carbocycles. The fraction of sp³-hybridized carbons (Fsp3) is 0.409. The average Bonchev–Trinajstić information content (AvgIpc) is 2.74. The molecule has 0 saturated heterocycles. The second kappa shape index (κ2) is 8.23. The molecule has 1 heterocycles. The Bertz CT molecular complexity index is 910. The molecular formula is C22H24O8. The van der Waals surface area contributed by atoms with E-state index in [0.717, 1.165) is 5.56 Å². The minimum Gasteiger partial charge on any atom is -0.508 e. The van der Waals surface area contributed by atoms with Gasteiger partial charge in [-0.15, -0.1) is 0 Å². The minimum atomic E-state index is -1.40. The molecule has 0 spiro atoms. The highest BCUT2D eigenvalue weighted by molar-refractivity contribution is 6.00. The fourth-order valence-corrected chi connectivity index (χ4v) is 4.01. The maximum atomic E-state index is 12.4. The van der Waals surface area contributed by atoms with Crippen molar-refractivity contribution in [3.63, 3.8) is 0 Å². The number of phenolic OH excluding ortho intramolecular Hbond substituents is 1. The molecule has 30 heavy (non-hydrogen) atoms. The Hall–Kier alpha value is -2.65. The number of benzene rings is 2. The summed E-state index contributed by atoms with van der Waals surface area (Å²) in [4.78, 5) is 12.4. The van der Waals surface area contributed by atoms with E-state index in [4.69, 9.17) is 9.47 Å². The van der Waals surface area contributed by atoms with Crippen LogP contribution in [0, 0.1) is 5.92 Å². The van der Waals surface area contributed by atoms with Crippen LogP contribution >= 0.6 is 0 Å². The molecule has 1 saturated carbocycles. The summed E-state index contributed by atoms with van der Waals surface area (Å²) in [6, 6.07) is 11.2. The summed E-state index contributed by atoms with van der Waals surface area (Å²) in [6.07, 6.45) is -4.83. The smallest absolute Gasteiger partial charge is 0.170 e. The summed E-state index contributed by atoms with van der Waals surface area (Å²) >= 11 is 0. The second-order valence-electron chi connectivity index (χ2n) is 7.79. The van der Waals surface area contributed by atoms with Crippen LogP contribution in [0.3, 0.4) is 0 Å². The van der Waals surface area contributed by atoms with Crippen LogP contribution in [0.2, 0.25) is 0 Å². The number of carbonyl (C=O) groups excluding carboxylic acids is 1. The van der Waals surface area contributed by atoms with Gasteiger partial charge < -0.3 is 35.0 Å². The normalized spacial score (nSPS) is 31.0. The minimum absolute atomic E-state index is 0.0190. The molecule has 1 fully saturated rings. The third-order valence-corrected chi connectivity index (χ3v) is 5.78. The lowest BCUT2D eigenvalue weighted by atomic mass is 9.81. The van der Waals surface area contributed by atoms with E-state index >= 15 is 0 Å². The van der Waals surface area contributed by atoms with Gasteiger partial charge in [0, 0.05) is 18.6 Å². The number of hydrogen-bond acceptors (Lipinski definition) is 8. The third-order valence-electron chi connectivity index (χ3n) is 5.78. The number of ketones is 1. The van der Waals surface area contributed by atoms with E-state index in [1.807, 2.05) is 0 Å². The van der Waals surface area contributed by atoms with Gasteiger partial charge in [0.2, 0.25) is 0 Å². The second-order valence-corrected chi connectivity index (χ2v) is 7.79. The topological polar surface area (TPSA) is 137 Å². The largest absolute Gasteiger partial charge is 0.508 e. The molecule has 0 amide bonds. The van der Waals surface area contributed by atoms with Gasteiger partial charge >= 0.3 is 0 Å². The van der Waals surface area contributed by atoms with Crippen molar-refractivity contribution in [3.8, 4) is 17.2 Å². The highest BCUT2D eigenvalue weighted by atomic mass is 16.5. The van der Waals surface area contributed by atoms with Gasteiger partial charge in [0.25, 0.3) is 0 Å². The first-order valence-electron chi connectivity index (χ1n) is 9.82. The van der Waals surface area contributed by atoms with Crippen LogP contribution < -0.4 is 9.47 Å². The summed E-state index contributed by atoms with van der Waals surface area (Å²) in [5.74, 6) is 0.124. The van der Waals surface area contributed by atoms with E-state index in [-0.39, 0.29) is 31.0 Å². The van der Waals surface area contributed by atoms with E-state index in [1.165, 1.54) is 12.1 Å². The Balaban J connectivity index is 1.46. The monoisotopic (exact) mass is 416 g/mol. The van der Waals surface area contributed by atoms with E-state index < -0.39 is 36.4 Å². The summed E-state index contributed by atoms with van der Waals surface area (Å²) in [5, 5.41) is 49.1. The Labute approximate surface area is 172 Å². The Morgan fingerprint density at radius 1 is 1.00 bits per heavy atom. The summed E-state index contributed by atoms with van der Waals surface area (Å²) in [6.45, 7) is -0.326. The number of carbonyl (C=O) groups is 1. The lowest BCUT2D eigenvalue weighted by Crippen LogP contribution is -2.56. The zero-order valence-corrected chi connectivity index (χ0v) is 16.1. The van der Waals surface area contributed by atoms with Crippen LogP contribution in [0.15, 0.2) is 42.5 Å². The number of hydrogen-bond donors (Lipinski definition) is 5. The first-order chi connectivity index (χ1) is 14.4. The quantitative estimate of drug-likeness (QED) is 0.497. The number of Topliss-reactive ketones (excluding diaryl/α,β-unsaturated/α-hetero) is 1. The predicted octanol–water partition coefficient (Wildman–Crippen LogP) is 0.941. The molecule has 0 unspecified atom stereocenters. The maximum Gasteiger partial charge on any atom is 0.170 e. The summed E-state index contributed by atoms with van der Waals surface area (Å²) in [5.41, 5.74) is 1.19. The number of aromatic hydroxyl groups is 1. The van der Waals surface area contributed by atoms with Crippen molar-refractivity contribution in [2.45, 2.75) is 43.4 Å². The average molecular weight is 416 g/mol. The lowest BCUT2D eigenvalue weighted by Gasteiger charge is -2.39. The van der Waals surface area contributed by atoms with Gasteiger partial charge in [-0.3, -0.25) is 4.79 Å². The Morgan fingerprint density at radius 3 is 2.43 bits per heavy atom. The number of phenols is 1. The molecule has 4 rings (SSSR count). The van der Waals surface area contributed by atoms with Crippen LogP contribution in [0.25, 0.3) is 0 Å². The fourth-order valence-electron chi connectivity index (χ4n) is 4.01. The summed E-state index contributed by atoms with van der Waals surface area (Å²) < 4.78 is 11.7. The highest BCUT2D eigenvalue weighted by Crippen LogP contribution is 2.37. The van der Waals surface area contributed by atoms with Gasteiger partial charge in [-0.05, 0) is 36.2 Å². The molecule has 2 aromatic rings. The molecule has 5 N–H and O–H groups in total. The number of ether oxygens (including phenoxy) is 2. The van der Waals surface area contributed by atoms with Crippen molar-refractivity contribution in [1.29, 1.82) is 0 Å². The van der Waals surface area contributed by atoms with Crippen LogP contribution in [0.4, 0.5) is 0 Å². The lowest BCUT2D eigenvalue weighted by molar-refractivity contribution is -0.156. The van der Waals surface area contributed by atoms with Crippen molar-refractivity contribution >= 4 is 5.78 Å².